The summed E-state index contributed by atoms with van der Waals surface area (Å²) < 4.78 is 7.28. The predicted octanol–water partition coefficient (Wildman–Crippen LogP) is 4.19. The monoisotopic (exact) mass is 406 g/mol. The zero-order chi connectivity index (χ0) is 20.3. The molecule has 7 rings (SSSR count). The van der Waals surface area contributed by atoms with Crippen LogP contribution in [0.1, 0.15) is 44.9 Å². The highest BCUT2D eigenvalue weighted by Crippen LogP contribution is 2.65. The van der Waals surface area contributed by atoms with Crippen LogP contribution >= 0.6 is 0 Å². The Kier molecular flexibility index (Phi) is 4.31. The number of ether oxygens (including phenoxy) is 1. The van der Waals surface area contributed by atoms with E-state index in [0.717, 1.165) is 68.4 Å². The number of pyridine rings is 1. The van der Waals surface area contributed by atoms with Gasteiger partial charge in [0.2, 0.25) is 5.91 Å². The molecule has 4 bridgehead atoms. The molecule has 1 amide bonds. The molecule has 1 aromatic heterocycles. The zero-order valence-electron chi connectivity index (χ0n) is 17.4. The summed E-state index contributed by atoms with van der Waals surface area (Å²) in [6, 6.07) is 7.73. The summed E-state index contributed by atoms with van der Waals surface area (Å²) in [4.78, 5) is 26.6. The van der Waals surface area contributed by atoms with Crippen LogP contribution in [0.5, 0.6) is 0 Å². The largest absolute Gasteiger partial charge is 0.381 e. The van der Waals surface area contributed by atoms with Crippen LogP contribution in [0, 0.1) is 29.1 Å². The molecule has 5 nitrogen and oxygen atoms in total. The van der Waals surface area contributed by atoms with Gasteiger partial charge in [0.25, 0.3) is 5.56 Å². The van der Waals surface area contributed by atoms with Gasteiger partial charge in [-0.25, -0.2) is 0 Å². The summed E-state index contributed by atoms with van der Waals surface area (Å²) in [5, 5.41) is 4.80. The molecule has 30 heavy (non-hydrogen) atoms. The maximum absolute atomic E-state index is 13.4. The second kappa shape index (κ2) is 6.94. The number of hydrogen-bond acceptors (Lipinski definition) is 3. The van der Waals surface area contributed by atoms with Gasteiger partial charge in [-0.2, -0.15) is 0 Å². The highest BCUT2D eigenvalue weighted by atomic mass is 16.5. The first kappa shape index (κ1) is 18.6. The number of nitrogens with one attached hydrogen (secondary N) is 1. The number of anilines is 1. The number of aromatic nitrogens is 1. The Morgan fingerprint density at radius 1 is 1.07 bits per heavy atom. The van der Waals surface area contributed by atoms with Crippen LogP contribution in [0.25, 0.3) is 10.8 Å². The van der Waals surface area contributed by atoms with Gasteiger partial charge in [-0.3, -0.25) is 9.59 Å². The first-order valence-electron chi connectivity index (χ1n) is 11.6. The van der Waals surface area contributed by atoms with Crippen molar-refractivity contribution >= 4 is 22.4 Å². The number of rotatable bonds is 4. The predicted molar refractivity (Wildman–Crippen MR) is 116 cm³/mol. The van der Waals surface area contributed by atoms with Gasteiger partial charge < -0.3 is 14.6 Å². The summed E-state index contributed by atoms with van der Waals surface area (Å²) in [5.74, 6) is 2.74. The zero-order valence-corrected chi connectivity index (χ0v) is 17.4. The van der Waals surface area contributed by atoms with E-state index in [4.69, 9.17) is 4.74 Å². The second-order valence-corrected chi connectivity index (χ2v) is 10.3. The molecule has 1 aliphatic heterocycles. The molecule has 2 heterocycles. The molecule has 1 saturated heterocycles. The first-order chi connectivity index (χ1) is 14.6. The van der Waals surface area contributed by atoms with Crippen molar-refractivity contribution in [1.82, 2.24) is 4.57 Å². The van der Waals surface area contributed by atoms with Crippen molar-refractivity contribution in [3.63, 3.8) is 0 Å². The van der Waals surface area contributed by atoms with E-state index in [9.17, 15) is 9.59 Å². The highest BCUT2D eigenvalue weighted by Gasteiger charge is 2.61. The van der Waals surface area contributed by atoms with Gasteiger partial charge in [0, 0.05) is 42.4 Å². The average molecular weight is 407 g/mol. The maximum atomic E-state index is 13.4. The second-order valence-electron chi connectivity index (χ2n) is 10.3. The van der Waals surface area contributed by atoms with Gasteiger partial charge in [0.1, 0.15) is 0 Å². The van der Waals surface area contributed by atoms with Crippen molar-refractivity contribution in [1.29, 1.82) is 0 Å². The van der Waals surface area contributed by atoms with Crippen LogP contribution in [0.15, 0.2) is 35.3 Å². The van der Waals surface area contributed by atoms with Gasteiger partial charge in [-0.05, 0) is 86.8 Å². The van der Waals surface area contributed by atoms with Crippen LogP contribution in [0.4, 0.5) is 5.69 Å². The van der Waals surface area contributed by atoms with E-state index in [2.05, 4.69) is 5.32 Å². The van der Waals surface area contributed by atoms with Gasteiger partial charge in [-0.15, -0.1) is 0 Å². The molecule has 0 spiro atoms. The van der Waals surface area contributed by atoms with Gasteiger partial charge in [0.05, 0.1) is 5.41 Å². The van der Waals surface area contributed by atoms with Gasteiger partial charge in [-0.1, -0.05) is 6.07 Å². The minimum Gasteiger partial charge on any atom is -0.381 e. The van der Waals surface area contributed by atoms with E-state index in [-0.39, 0.29) is 16.9 Å². The van der Waals surface area contributed by atoms with Crippen LogP contribution in [-0.2, 0) is 16.1 Å². The molecule has 158 valence electrons. The van der Waals surface area contributed by atoms with E-state index in [1.807, 2.05) is 35.0 Å². The minimum atomic E-state index is -0.159. The molecular weight excluding hydrogens is 376 g/mol. The Hall–Kier alpha value is -2.14. The van der Waals surface area contributed by atoms with E-state index in [1.54, 1.807) is 0 Å². The molecule has 4 saturated carbocycles. The Balaban J connectivity index is 1.28. The third kappa shape index (κ3) is 2.85. The molecule has 1 aromatic carbocycles. The lowest BCUT2D eigenvalue weighted by molar-refractivity contribution is -0.127. The Bertz CT molecular complexity index is 1040. The Labute approximate surface area is 176 Å². The first-order valence-corrected chi connectivity index (χ1v) is 11.6. The van der Waals surface area contributed by atoms with Crippen LogP contribution in [0.3, 0.4) is 0 Å². The quantitative estimate of drug-likeness (QED) is 0.828. The molecule has 2 aromatic rings. The van der Waals surface area contributed by atoms with Crippen molar-refractivity contribution in [2.24, 2.45) is 29.1 Å². The van der Waals surface area contributed by atoms with Gasteiger partial charge >= 0.3 is 0 Å². The molecule has 0 radical (unpaired) electrons. The molecule has 5 heteroatoms. The van der Waals surface area contributed by atoms with Crippen molar-refractivity contribution in [2.45, 2.75) is 51.5 Å². The fraction of sp³-hybridized carbons (Fsp3) is 0.600. The fourth-order valence-electron chi connectivity index (χ4n) is 7.19. The number of nitrogens with zero attached hydrogens (tertiary/aromatic N) is 1. The number of carbonyl (C=O) groups excluding carboxylic acids is 1. The van der Waals surface area contributed by atoms with E-state index in [0.29, 0.717) is 17.2 Å². The number of carbonyl (C=O) groups is 1. The Morgan fingerprint density at radius 3 is 2.60 bits per heavy atom. The SMILES string of the molecule is O=C(Nc1cccc2c(=O)n(CC3CCOCC3)ccc12)C12C[C@@H]3CC1C[C@@H](C3)C2. The van der Waals surface area contributed by atoms with Crippen LogP contribution in [0.2, 0.25) is 0 Å². The maximum Gasteiger partial charge on any atom is 0.258 e. The molecule has 4 aliphatic carbocycles. The normalized spacial score (nSPS) is 32.7. The van der Waals surface area contributed by atoms with Crippen molar-refractivity contribution in [3.05, 3.63) is 40.8 Å². The summed E-state index contributed by atoms with van der Waals surface area (Å²) in [5.41, 5.74) is 0.663. The fourth-order valence-corrected chi connectivity index (χ4v) is 7.19. The minimum absolute atomic E-state index is 0.0362. The molecule has 5 aliphatic rings. The van der Waals surface area contributed by atoms with Crippen LogP contribution in [-0.4, -0.2) is 23.7 Å². The van der Waals surface area contributed by atoms with Crippen molar-refractivity contribution in [2.75, 3.05) is 18.5 Å². The molecule has 1 N–H and O–H groups in total. The topological polar surface area (TPSA) is 60.3 Å². The third-order valence-electron chi connectivity index (χ3n) is 8.50. The molecule has 4 atom stereocenters. The Morgan fingerprint density at radius 2 is 1.83 bits per heavy atom. The van der Waals surface area contributed by atoms with Crippen LogP contribution < -0.4 is 10.9 Å². The molecule has 2 unspecified atom stereocenters. The standard InChI is InChI=1S/C25H30N2O3/c28-23-21-2-1-3-22(20(21)4-7-27(23)15-16-5-8-30-9-6-16)26-24(29)25-13-17-10-18(14-25)12-19(25)11-17/h1-4,7,16-19H,5-6,8-15H2,(H,26,29)/t17-,18+,19?,25?. The summed E-state index contributed by atoms with van der Waals surface area (Å²) in [7, 11) is 0. The summed E-state index contributed by atoms with van der Waals surface area (Å²) >= 11 is 0. The van der Waals surface area contributed by atoms with Gasteiger partial charge in [0.15, 0.2) is 0 Å². The molecule has 5 fully saturated rings. The lowest BCUT2D eigenvalue weighted by Gasteiger charge is -2.31. The van der Waals surface area contributed by atoms with E-state index >= 15 is 0 Å². The third-order valence-corrected chi connectivity index (χ3v) is 8.50. The van der Waals surface area contributed by atoms with E-state index in [1.165, 1.54) is 19.3 Å². The number of benzene rings is 1. The highest BCUT2D eigenvalue weighted by molar-refractivity contribution is 6.04. The smallest absolute Gasteiger partial charge is 0.258 e. The lowest BCUT2D eigenvalue weighted by atomic mass is 9.75. The number of amides is 1. The summed E-state index contributed by atoms with van der Waals surface area (Å²) in [6.07, 6.45) is 9.82. The lowest BCUT2D eigenvalue weighted by Crippen LogP contribution is -2.37. The number of fused-ring (bicyclic) bond motifs is 1. The summed E-state index contributed by atoms with van der Waals surface area (Å²) in [6.45, 7) is 2.31. The average Bonchev–Trinajstić information content (AvgIpc) is 3.16. The van der Waals surface area contributed by atoms with Crippen molar-refractivity contribution < 1.29 is 9.53 Å². The number of hydrogen-bond donors (Lipinski definition) is 1. The van der Waals surface area contributed by atoms with E-state index < -0.39 is 0 Å². The van der Waals surface area contributed by atoms with Crippen molar-refractivity contribution in [3.8, 4) is 0 Å². The molecular formula is C25H30N2O3.